The van der Waals surface area contributed by atoms with Crippen molar-refractivity contribution in [3.8, 4) is 0 Å². The van der Waals surface area contributed by atoms with E-state index in [0.717, 1.165) is 22.4 Å². The van der Waals surface area contributed by atoms with Crippen LogP contribution in [0.1, 0.15) is 22.4 Å². The van der Waals surface area contributed by atoms with Crippen molar-refractivity contribution in [1.29, 1.82) is 0 Å². The predicted octanol–water partition coefficient (Wildman–Crippen LogP) is 0.128. The van der Waals surface area contributed by atoms with Crippen LogP contribution in [0.3, 0.4) is 0 Å². The molecule has 1 aromatic rings. The predicted molar refractivity (Wildman–Crippen MR) is 56.5 cm³/mol. The van der Waals surface area contributed by atoms with Crippen LogP contribution in [-0.4, -0.2) is 22.8 Å². The average molecular weight is 222 g/mol. The Morgan fingerprint density at radius 2 is 2.06 bits per heavy atom. The fourth-order valence-corrected chi connectivity index (χ4v) is 2.34. The van der Waals surface area contributed by atoms with E-state index in [-0.39, 0.29) is 12.7 Å². The Kier molecular flexibility index (Phi) is 2.31. The summed E-state index contributed by atoms with van der Waals surface area (Å²) in [5.74, 6) is 0.553. The van der Waals surface area contributed by atoms with Gasteiger partial charge < -0.3 is 20.3 Å². The van der Waals surface area contributed by atoms with Crippen molar-refractivity contribution in [3.63, 3.8) is 0 Å². The summed E-state index contributed by atoms with van der Waals surface area (Å²) < 4.78 is 10.9. The number of nitrogens with zero attached hydrogens (tertiary/aromatic N) is 1. The van der Waals surface area contributed by atoms with Gasteiger partial charge in [0, 0.05) is 12.0 Å². The van der Waals surface area contributed by atoms with Crippen LogP contribution in [-0.2, 0) is 35.7 Å². The third kappa shape index (κ3) is 1.40. The lowest BCUT2D eigenvalue weighted by atomic mass is 9.96. The average Bonchev–Trinajstić information content (AvgIpc) is 2.78. The summed E-state index contributed by atoms with van der Waals surface area (Å²) in [4.78, 5) is 4.35. The Hall–Kier alpha value is -1.17. The molecule has 3 rings (SSSR count). The van der Waals surface area contributed by atoms with Crippen molar-refractivity contribution in [2.45, 2.75) is 32.3 Å². The highest BCUT2D eigenvalue weighted by atomic mass is 16.5. The minimum Gasteiger partial charge on any atom is -0.394 e. The van der Waals surface area contributed by atoms with E-state index in [2.05, 4.69) is 4.98 Å². The maximum absolute atomic E-state index is 9.12. The third-order valence-corrected chi connectivity index (χ3v) is 3.23. The van der Waals surface area contributed by atoms with Crippen molar-refractivity contribution < 1.29 is 14.6 Å². The number of rotatable bonds is 1. The van der Waals surface area contributed by atoms with Gasteiger partial charge in [0.2, 0.25) is 0 Å². The number of hydrogen-bond acceptors (Lipinski definition) is 5. The normalized spacial score (nSPS) is 22.9. The number of pyridine rings is 1. The van der Waals surface area contributed by atoms with Crippen LogP contribution in [0, 0.1) is 0 Å². The first-order valence-corrected chi connectivity index (χ1v) is 5.38. The Morgan fingerprint density at radius 1 is 1.25 bits per heavy atom. The second kappa shape index (κ2) is 3.69. The smallest absolute Gasteiger partial charge is 0.129 e. The summed E-state index contributed by atoms with van der Waals surface area (Å²) in [6.45, 7) is 1.62. The molecule has 5 heteroatoms. The first-order chi connectivity index (χ1) is 7.79. The van der Waals surface area contributed by atoms with Gasteiger partial charge in [-0.25, -0.2) is 4.98 Å². The van der Waals surface area contributed by atoms with Crippen LogP contribution in [0.25, 0.3) is 0 Å². The molecule has 1 aromatic heterocycles. The number of anilines is 1. The molecule has 1 atom stereocenters. The highest BCUT2D eigenvalue weighted by Gasteiger charge is 2.28. The molecule has 2 aliphatic heterocycles. The minimum atomic E-state index is -0.123. The van der Waals surface area contributed by atoms with Crippen molar-refractivity contribution in [2.24, 2.45) is 0 Å². The van der Waals surface area contributed by atoms with E-state index in [9.17, 15) is 0 Å². The molecule has 3 heterocycles. The summed E-state index contributed by atoms with van der Waals surface area (Å²) in [6, 6.07) is 0. The maximum atomic E-state index is 9.12. The number of ether oxygens (including phenoxy) is 2. The summed E-state index contributed by atoms with van der Waals surface area (Å²) in [5.41, 5.74) is 10.1. The Morgan fingerprint density at radius 3 is 2.88 bits per heavy atom. The summed E-state index contributed by atoms with van der Waals surface area (Å²) in [6.07, 6.45) is 0.577. The van der Waals surface area contributed by atoms with Gasteiger partial charge in [0.15, 0.2) is 0 Å². The van der Waals surface area contributed by atoms with Gasteiger partial charge in [0.05, 0.1) is 38.2 Å². The van der Waals surface area contributed by atoms with Gasteiger partial charge in [0.25, 0.3) is 0 Å². The van der Waals surface area contributed by atoms with E-state index in [1.165, 1.54) is 0 Å². The third-order valence-electron chi connectivity index (χ3n) is 3.23. The number of aliphatic hydroxyl groups excluding tert-OH is 1. The molecule has 0 aromatic carbocycles. The second-order valence-corrected chi connectivity index (χ2v) is 4.19. The molecule has 5 nitrogen and oxygen atoms in total. The molecule has 16 heavy (non-hydrogen) atoms. The summed E-state index contributed by atoms with van der Waals surface area (Å²) in [7, 11) is 0. The molecule has 0 unspecified atom stereocenters. The molecule has 0 amide bonds. The van der Waals surface area contributed by atoms with Gasteiger partial charge in [-0.05, 0) is 11.1 Å². The summed E-state index contributed by atoms with van der Waals surface area (Å²) >= 11 is 0. The monoisotopic (exact) mass is 222 g/mol. The first kappa shape index (κ1) is 10.0. The number of nitrogens with two attached hydrogens (primary N) is 1. The number of aromatic nitrogens is 1. The van der Waals surface area contributed by atoms with Gasteiger partial charge in [-0.15, -0.1) is 0 Å². The van der Waals surface area contributed by atoms with E-state index in [1.54, 1.807) is 0 Å². The zero-order valence-corrected chi connectivity index (χ0v) is 8.90. The van der Waals surface area contributed by atoms with Crippen molar-refractivity contribution in [2.75, 3.05) is 12.3 Å². The molecule has 0 spiro atoms. The molecule has 0 saturated carbocycles. The lowest BCUT2D eigenvalue weighted by Gasteiger charge is -2.25. The van der Waals surface area contributed by atoms with E-state index in [4.69, 9.17) is 20.3 Å². The summed E-state index contributed by atoms with van der Waals surface area (Å²) in [5, 5.41) is 9.12. The fourth-order valence-electron chi connectivity index (χ4n) is 2.34. The van der Waals surface area contributed by atoms with Crippen LogP contribution in [0.5, 0.6) is 0 Å². The van der Waals surface area contributed by atoms with Gasteiger partial charge in [-0.2, -0.15) is 0 Å². The topological polar surface area (TPSA) is 77.6 Å². The minimum absolute atomic E-state index is 0.0411. The van der Waals surface area contributed by atoms with Crippen LogP contribution in [0.2, 0.25) is 0 Å². The van der Waals surface area contributed by atoms with Gasteiger partial charge in [-0.3, -0.25) is 0 Å². The van der Waals surface area contributed by atoms with Crippen molar-refractivity contribution in [3.05, 3.63) is 22.4 Å². The molecule has 0 aliphatic carbocycles. The zero-order chi connectivity index (χ0) is 11.1. The van der Waals surface area contributed by atoms with Gasteiger partial charge in [-0.1, -0.05) is 0 Å². The van der Waals surface area contributed by atoms with Crippen LogP contribution >= 0.6 is 0 Å². The van der Waals surface area contributed by atoms with Crippen molar-refractivity contribution >= 4 is 5.82 Å². The maximum Gasteiger partial charge on any atom is 0.129 e. The zero-order valence-electron chi connectivity index (χ0n) is 8.90. The molecule has 0 bridgehead atoms. The lowest BCUT2D eigenvalue weighted by Crippen LogP contribution is -2.28. The quantitative estimate of drug-likeness (QED) is 0.706. The van der Waals surface area contributed by atoms with Crippen LogP contribution in [0.15, 0.2) is 0 Å². The van der Waals surface area contributed by atoms with Crippen molar-refractivity contribution in [1.82, 2.24) is 4.98 Å². The molecule has 3 N–H and O–H groups in total. The molecule has 0 radical (unpaired) electrons. The number of aliphatic hydroxyl groups is 1. The van der Waals surface area contributed by atoms with Gasteiger partial charge >= 0.3 is 0 Å². The largest absolute Gasteiger partial charge is 0.394 e. The van der Waals surface area contributed by atoms with E-state index in [0.29, 0.717) is 32.1 Å². The van der Waals surface area contributed by atoms with Crippen LogP contribution in [0.4, 0.5) is 5.82 Å². The highest BCUT2D eigenvalue weighted by molar-refractivity contribution is 5.51. The number of hydrogen-bond donors (Lipinski definition) is 2. The molecular weight excluding hydrogens is 208 g/mol. The molecule has 0 saturated heterocycles. The van der Waals surface area contributed by atoms with Gasteiger partial charge in [0.1, 0.15) is 5.82 Å². The standard InChI is InChI=1S/C11H14N2O3/c12-11-9-4-15-3-8(9)7-1-6(2-14)16-5-10(7)13-11/h6,14H,1-5H2,(H2,12,13)/t6-/m0/s1. The van der Waals surface area contributed by atoms with E-state index in [1.807, 2.05) is 0 Å². The molecule has 2 aliphatic rings. The molecular formula is C11H14N2O3. The first-order valence-electron chi connectivity index (χ1n) is 5.38. The van der Waals surface area contributed by atoms with E-state index < -0.39 is 0 Å². The Labute approximate surface area is 93.2 Å². The Balaban J connectivity index is 2.08. The lowest BCUT2D eigenvalue weighted by molar-refractivity contribution is -0.00923. The molecule has 0 fully saturated rings. The highest BCUT2D eigenvalue weighted by Crippen LogP contribution is 2.32. The Bertz CT molecular complexity index is 434. The fraction of sp³-hybridized carbons (Fsp3) is 0.545. The van der Waals surface area contributed by atoms with E-state index >= 15 is 0 Å². The number of fused-ring (bicyclic) bond motifs is 3. The number of nitrogen functional groups attached to an aromatic ring is 1. The molecule has 86 valence electrons. The second-order valence-electron chi connectivity index (χ2n) is 4.19. The SMILES string of the molecule is Nc1nc2c(c3c1COC3)C[C@@H](CO)OC2. The van der Waals surface area contributed by atoms with Crippen LogP contribution < -0.4 is 5.73 Å².